The summed E-state index contributed by atoms with van der Waals surface area (Å²) in [6, 6.07) is 15.0. The molecule has 3 rings (SSSR count). The molecule has 0 aliphatic carbocycles. The largest absolute Gasteiger partial charge is 0.452 e. The van der Waals surface area contributed by atoms with Crippen LogP contribution in [-0.4, -0.2) is 25.0 Å². The van der Waals surface area contributed by atoms with Crippen LogP contribution < -0.4 is 10.5 Å². The van der Waals surface area contributed by atoms with E-state index in [0.717, 1.165) is 0 Å². The van der Waals surface area contributed by atoms with Crippen molar-refractivity contribution < 1.29 is 23.1 Å². The van der Waals surface area contributed by atoms with Gasteiger partial charge in [0.15, 0.2) is 6.61 Å². The number of carbonyl (C=O) groups is 2. The minimum absolute atomic E-state index is 0.0331. The number of benzene rings is 2. The van der Waals surface area contributed by atoms with Crippen molar-refractivity contribution in [1.29, 1.82) is 5.26 Å². The van der Waals surface area contributed by atoms with Gasteiger partial charge in [0.2, 0.25) is 0 Å². The van der Waals surface area contributed by atoms with Gasteiger partial charge in [-0.05, 0) is 36.4 Å². The van der Waals surface area contributed by atoms with E-state index in [2.05, 4.69) is 0 Å². The predicted octanol–water partition coefficient (Wildman–Crippen LogP) is 3.04. The first-order valence-corrected chi connectivity index (χ1v) is 8.62. The van der Waals surface area contributed by atoms with Gasteiger partial charge in [-0.1, -0.05) is 18.2 Å². The molecule has 1 aromatic heterocycles. The lowest BCUT2D eigenvalue weighted by molar-refractivity contribution is -0.121. The molecule has 0 saturated carbocycles. The van der Waals surface area contributed by atoms with Crippen LogP contribution in [0.15, 0.2) is 63.8 Å². The first kappa shape index (κ1) is 19.8. The molecule has 0 fully saturated rings. The molecule has 0 saturated heterocycles. The Kier molecular flexibility index (Phi) is 6.00. The van der Waals surface area contributed by atoms with Crippen molar-refractivity contribution in [1.82, 2.24) is 0 Å². The maximum absolute atomic E-state index is 13.1. The monoisotopic (exact) mass is 394 g/mol. The number of para-hydroxylation sites is 1. The Labute approximate surface area is 164 Å². The lowest BCUT2D eigenvalue weighted by Crippen LogP contribution is -2.35. The van der Waals surface area contributed by atoms with Gasteiger partial charge in [-0.3, -0.25) is 4.79 Å². The van der Waals surface area contributed by atoms with E-state index in [1.807, 2.05) is 6.07 Å². The highest BCUT2D eigenvalue weighted by Crippen LogP contribution is 2.16. The van der Waals surface area contributed by atoms with Gasteiger partial charge in [-0.25, -0.2) is 14.0 Å². The number of rotatable bonds is 6. The maximum atomic E-state index is 13.1. The van der Waals surface area contributed by atoms with Crippen LogP contribution in [0.5, 0.6) is 0 Å². The number of nitriles is 1. The topological polar surface area (TPSA) is 101 Å². The highest BCUT2D eigenvalue weighted by Gasteiger charge is 2.20. The molecule has 1 amide bonds. The number of halogens is 1. The molecule has 2 aromatic carbocycles. The average molecular weight is 394 g/mol. The molecule has 29 heavy (non-hydrogen) atoms. The van der Waals surface area contributed by atoms with Gasteiger partial charge in [-0.2, -0.15) is 5.26 Å². The Bertz CT molecular complexity index is 1150. The van der Waals surface area contributed by atoms with E-state index in [4.69, 9.17) is 14.4 Å². The number of nitrogens with zero attached hydrogens (tertiary/aromatic N) is 2. The number of fused-ring (bicyclic) bond motifs is 1. The van der Waals surface area contributed by atoms with Gasteiger partial charge in [0.25, 0.3) is 5.91 Å². The fraction of sp³-hybridized carbons (Fsp3) is 0.143. The van der Waals surface area contributed by atoms with Crippen molar-refractivity contribution in [3.8, 4) is 6.07 Å². The molecule has 0 unspecified atom stereocenters. The summed E-state index contributed by atoms with van der Waals surface area (Å²) in [6.07, 6.45) is 0.0331. The van der Waals surface area contributed by atoms with Crippen molar-refractivity contribution in [3.05, 3.63) is 76.4 Å². The van der Waals surface area contributed by atoms with E-state index < -0.39 is 29.9 Å². The Morgan fingerprint density at radius 3 is 2.59 bits per heavy atom. The van der Waals surface area contributed by atoms with E-state index in [-0.39, 0.29) is 18.5 Å². The molecule has 0 aliphatic heterocycles. The van der Waals surface area contributed by atoms with Gasteiger partial charge >= 0.3 is 11.6 Å². The zero-order valence-corrected chi connectivity index (χ0v) is 15.1. The fourth-order valence-electron chi connectivity index (χ4n) is 2.67. The van der Waals surface area contributed by atoms with E-state index in [1.54, 1.807) is 24.3 Å². The van der Waals surface area contributed by atoms with Gasteiger partial charge < -0.3 is 14.1 Å². The molecule has 8 heteroatoms. The number of anilines is 1. The Hall–Kier alpha value is -3.99. The molecule has 3 aromatic rings. The number of amides is 1. The standard InChI is InChI=1S/C21H15FN2O5/c22-15-6-8-16(9-7-15)24(11-3-10-23)19(25)13-28-20(26)17-12-14-4-1-2-5-18(14)29-21(17)27/h1-2,4-9,12H,3,11,13H2. The lowest BCUT2D eigenvalue weighted by Gasteiger charge is -2.21. The Balaban J connectivity index is 1.74. The number of esters is 1. The summed E-state index contributed by atoms with van der Waals surface area (Å²) in [6.45, 7) is -0.621. The molecular formula is C21H15FN2O5. The minimum atomic E-state index is -1.00. The second-order valence-electron chi connectivity index (χ2n) is 5.99. The van der Waals surface area contributed by atoms with Crippen molar-refractivity contribution in [2.24, 2.45) is 0 Å². The molecule has 0 N–H and O–H groups in total. The van der Waals surface area contributed by atoms with E-state index in [0.29, 0.717) is 16.7 Å². The van der Waals surface area contributed by atoms with Gasteiger partial charge in [-0.15, -0.1) is 0 Å². The third kappa shape index (κ3) is 4.65. The van der Waals surface area contributed by atoms with Crippen LogP contribution in [0.3, 0.4) is 0 Å². The number of ether oxygens (including phenoxy) is 1. The van der Waals surface area contributed by atoms with Gasteiger partial charge in [0.1, 0.15) is 17.0 Å². The summed E-state index contributed by atoms with van der Waals surface area (Å²) in [5.74, 6) is -2.10. The van der Waals surface area contributed by atoms with E-state index in [1.165, 1.54) is 35.2 Å². The van der Waals surface area contributed by atoms with Crippen LogP contribution in [-0.2, 0) is 9.53 Å². The SMILES string of the molecule is N#CCCN(C(=O)COC(=O)c1cc2ccccc2oc1=O)c1ccc(F)cc1. The predicted molar refractivity (Wildman–Crippen MR) is 102 cm³/mol. The third-order valence-electron chi connectivity index (χ3n) is 4.07. The minimum Gasteiger partial charge on any atom is -0.452 e. The quantitative estimate of drug-likeness (QED) is 0.471. The van der Waals surface area contributed by atoms with Crippen LogP contribution in [0.25, 0.3) is 11.0 Å². The van der Waals surface area contributed by atoms with Crippen LogP contribution in [0.4, 0.5) is 10.1 Å². The molecule has 1 heterocycles. The lowest BCUT2D eigenvalue weighted by atomic mass is 10.2. The number of hydrogen-bond acceptors (Lipinski definition) is 6. The normalized spacial score (nSPS) is 10.3. The van der Waals surface area contributed by atoms with Crippen molar-refractivity contribution in [2.45, 2.75) is 6.42 Å². The Morgan fingerprint density at radius 2 is 1.86 bits per heavy atom. The second-order valence-corrected chi connectivity index (χ2v) is 5.99. The molecule has 7 nitrogen and oxygen atoms in total. The van der Waals surface area contributed by atoms with Crippen molar-refractivity contribution >= 4 is 28.5 Å². The highest BCUT2D eigenvalue weighted by molar-refractivity contribution is 5.98. The third-order valence-corrected chi connectivity index (χ3v) is 4.07. The van der Waals surface area contributed by atoms with Crippen LogP contribution >= 0.6 is 0 Å². The molecule has 0 atom stereocenters. The summed E-state index contributed by atoms with van der Waals surface area (Å²) in [4.78, 5) is 38.0. The molecule has 0 radical (unpaired) electrons. The molecular weight excluding hydrogens is 379 g/mol. The molecule has 0 aliphatic rings. The number of carbonyl (C=O) groups excluding carboxylic acids is 2. The first-order chi connectivity index (χ1) is 14.0. The highest BCUT2D eigenvalue weighted by atomic mass is 19.1. The zero-order valence-electron chi connectivity index (χ0n) is 15.1. The van der Waals surface area contributed by atoms with E-state index in [9.17, 15) is 18.8 Å². The van der Waals surface area contributed by atoms with Crippen LogP contribution in [0.1, 0.15) is 16.8 Å². The van der Waals surface area contributed by atoms with Gasteiger partial charge in [0, 0.05) is 17.6 Å². The molecule has 0 spiro atoms. The maximum Gasteiger partial charge on any atom is 0.351 e. The van der Waals surface area contributed by atoms with Crippen molar-refractivity contribution in [2.75, 3.05) is 18.1 Å². The first-order valence-electron chi connectivity index (χ1n) is 8.62. The number of hydrogen-bond donors (Lipinski definition) is 0. The summed E-state index contributed by atoms with van der Waals surface area (Å²) in [5, 5.41) is 9.33. The Morgan fingerprint density at radius 1 is 1.14 bits per heavy atom. The van der Waals surface area contributed by atoms with E-state index >= 15 is 0 Å². The second kappa shape index (κ2) is 8.80. The summed E-state index contributed by atoms with van der Waals surface area (Å²) in [5.41, 5.74) is -0.528. The summed E-state index contributed by atoms with van der Waals surface area (Å²) >= 11 is 0. The van der Waals surface area contributed by atoms with Gasteiger partial charge in [0.05, 0.1) is 12.5 Å². The smallest absolute Gasteiger partial charge is 0.351 e. The fourth-order valence-corrected chi connectivity index (χ4v) is 2.67. The zero-order chi connectivity index (χ0) is 20.8. The summed E-state index contributed by atoms with van der Waals surface area (Å²) in [7, 11) is 0. The molecule has 146 valence electrons. The average Bonchev–Trinajstić information content (AvgIpc) is 2.73. The van der Waals surface area contributed by atoms with Crippen LogP contribution in [0, 0.1) is 17.1 Å². The van der Waals surface area contributed by atoms with Crippen LogP contribution in [0.2, 0.25) is 0 Å². The van der Waals surface area contributed by atoms with Crippen molar-refractivity contribution in [3.63, 3.8) is 0 Å². The molecule has 0 bridgehead atoms. The summed E-state index contributed by atoms with van der Waals surface area (Å²) < 4.78 is 23.2.